The van der Waals surface area contributed by atoms with Crippen molar-refractivity contribution in [1.82, 2.24) is 0 Å². The van der Waals surface area contributed by atoms with E-state index in [1.165, 1.54) is 0 Å². The summed E-state index contributed by atoms with van der Waals surface area (Å²) >= 11 is 0. The van der Waals surface area contributed by atoms with Gasteiger partial charge < -0.3 is 5.11 Å². The maximum atomic E-state index is 8.82. The average Bonchev–Trinajstić information content (AvgIpc) is 2.14. The van der Waals surface area contributed by atoms with Crippen LogP contribution in [0, 0.1) is 0 Å². The molecule has 1 unspecified atom stereocenters. The lowest BCUT2D eigenvalue weighted by Gasteiger charge is -1.86. The van der Waals surface area contributed by atoms with Crippen molar-refractivity contribution in [3.63, 3.8) is 0 Å². The van der Waals surface area contributed by atoms with E-state index in [9.17, 15) is 0 Å². The van der Waals surface area contributed by atoms with Crippen molar-refractivity contribution in [2.24, 2.45) is 0 Å². The van der Waals surface area contributed by atoms with Crippen molar-refractivity contribution in [1.29, 1.82) is 0 Å². The van der Waals surface area contributed by atoms with Gasteiger partial charge in [-0.25, -0.2) is 0 Å². The van der Waals surface area contributed by atoms with Gasteiger partial charge in [0.05, 0.1) is 6.10 Å². The Balaban J connectivity index is 2.72. The van der Waals surface area contributed by atoms with Crippen LogP contribution in [0.3, 0.4) is 0 Å². The zero-order valence-electron chi connectivity index (χ0n) is 4.54. The molecule has 0 aromatic heterocycles. The molecule has 0 amide bonds. The molecule has 42 valence electrons. The summed E-state index contributed by atoms with van der Waals surface area (Å²) in [6.07, 6.45) is 6.64. The molecule has 1 aliphatic rings. The number of aliphatic hydroxyl groups excluding tert-OH is 1. The van der Waals surface area contributed by atoms with Gasteiger partial charge >= 0.3 is 0 Å². The van der Waals surface area contributed by atoms with E-state index in [0.717, 1.165) is 5.57 Å². The minimum Gasteiger partial charge on any atom is -0.385 e. The van der Waals surface area contributed by atoms with Crippen LogP contribution < -0.4 is 0 Å². The Kier molecular flexibility index (Phi) is 1.31. The Morgan fingerprint density at radius 3 is 2.75 bits per heavy atom. The molecule has 0 aliphatic heterocycles. The highest BCUT2D eigenvalue weighted by molar-refractivity contribution is 5.37. The summed E-state index contributed by atoms with van der Waals surface area (Å²) in [7, 11) is 0. The van der Waals surface area contributed by atoms with Crippen LogP contribution in [0.5, 0.6) is 0 Å². The average molecular weight is 108 g/mol. The smallest absolute Gasteiger partial charge is 0.0914 e. The third kappa shape index (κ3) is 0.873. The second-order valence-electron chi connectivity index (χ2n) is 1.72. The third-order valence-electron chi connectivity index (χ3n) is 1.08. The molecule has 1 atom stereocenters. The highest BCUT2D eigenvalue weighted by Crippen LogP contribution is 2.08. The molecule has 1 heteroatoms. The van der Waals surface area contributed by atoms with Gasteiger partial charge in [0, 0.05) is 0 Å². The van der Waals surface area contributed by atoms with E-state index in [1.807, 2.05) is 6.08 Å². The molecule has 0 spiro atoms. The van der Waals surface area contributed by atoms with E-state index in [-0.39, 0.29) is 6.10 Å². The SMILES string of the molecule is C=CC1=CC(O)C=C1. The molecule has 0 aromatic carbocycles. The largest absolute Gasteiger partial charge is 0.385 e. The maximum absolute atomic E-state index is 8.82. The molecular weight excluding hydrogens is 100 g/mol. The van der Waals surface area contributed by atoms with Gasteiger partial charge in [-0.2, -0.15) is 0 Å². The second-order valence-corrected chi connectivity index (χ2v) is 1.72. The number of hydrogen-bond acceptors (Lipinski definition) is 1. The highest BCUT2D eigenvalue weighted by atomic mass is 16.3. The molecule has 1 nitrogen and oxygen atoms in total. The molecule has 1 N–H and O–H groups in total. The molecule has 0 fully saturated rings. The quantitative estimate of drug-likeness (QED) is 0.532. The van der Waals surface area contributed by atoms with Crippen LogP contribution in [0.15, 0.2) is 36.5 Å². The Morgan fingerprint density at radius 1 is 1.75 bits per heavy atom. The third-order valence-corrected chi connectivity index (χ3v) is 1.08. The van der Waals surface area contributed by atoms with E-state index >= 15 is 0 Å². The van der Waals surface area contributed by atoms with Crippen molar-refractivity contribution in [3.05, 3.63) is 36.5 Å². The zero-order valence-corrected chi connectivity index (χ0v) is 4.54. The summed E-state index contributed by atoms with van der Waals surface area (Å²) in [5.41, 5.74) is 0.998. The molecule has 1 rings (SSSR count). The first-order valence-electron chi connectivity index (χ1n) is 2.53. The number of aliphatic hydroxyl groups is 1. The summed E-state index contributed by atoms with van der Waals surface area (Å²) in [5, 5.41) is 8.82. The van der Waals surface area contributed by atoms with E-state index in [1.54, 1.807) is 18.2 Å². The summed E-state index contributed by atoms with van der Waals surface area (Å²) in [6.45, 7) is 3.55. The van der Waals surface area contributed by atoms with E-state index in [2.05, 4.69) is 6.58 Å². The van der Waals surface area contributed by atoms with Gasteiger partial charge in [-0.1, -0.05) is 24.8 Å². The molecule has 0 heterocycles. The Bertz CT molecular complexity index is 154. The van der Waals surface area contributed by atoms with Gasteiger partial charge in [0.2, 0.25) is 0 Å². The molecule has 0 saturated carbocycles. The lowest BCUT2D eigenvalue weighted by Crippen LogP contribution is -1.90. The van der Waals surface area contributed by atoms with Crippen LogP contribution in [0.4, 0.5) is 0 Å². The van der Waals surface area contributed by atoms with Crippen molar-refractivity contribution < 1.29 is 5.11 Å². The summed E-state index contributed by atoms with van der Waals surface area (Å²) in [5.74, 6) is 0. The van der Waals surface area contributed by atoms with Crippen molar-refractivity contribution >= 4 is 0 Å². The van der Waals surface area contributed by atoms with E-state index < -0.39 is 0 Å². The van der Waals surface area contributed by atoms with Crippen LogP contribution in [-0.2, 0) is 0 Å². The fourth-order valence-electron chi connectivity index (χ4n) is 0.654. The van der Waals surface area contributed by atoms with Gasteiger partial charge in [0.25, 0.3) is 0 Å². The maximum Gasteiger partial charge on any atom is 0.0914 e. The summed E-state index contributed by atoms with van der Waals surface area (Å²) in [4.78, 5) is 0. The molecule has 8 heavy (non-hydrogen) atoms. The molecular formula is C7H8O. The lowest BCUT2D eigenvalue weighted by atomic mass is 10.3. The van der Waals surface area contributed by atoms with Gasteiger partial charge in [0.1, 0.15) is 0 Å². The van der Waals surface area contributed by atoms with Crippen molar-refractivity contribution in [3.8, 4) is 0 Å². The molecule has 0 aromatic rings. The number of allylic oxidation sites excluding steroid dienone is 3. The minimum atomic E-state index is -0.386. The van der Waals surface area contributed by atoms with Crippen molar-refractivity contribution in [2.45, 2.75) is 6.10 Å². The number of hydrogen-bond donors (Lipinski definition) is 1. The number of rotatable bonds is 1. The van der Waals surface area contributed by atoms with Gasteiger partial charge in [-0.3, -0.25) is 0 Å². The van der Waals surface area contributed by atoms with Crippen LogP contribution in [0.25, 0.3) is 0 Å². The first-order valence-corrected chi connectivity index (χ1v) is 2.53. The topological polar surface area (TPSA) is 20.2 Å². The van der Waals surface area contributed by atoms with Gasteiger partial charge in [0.15, 0.2) is 0 Å². The van der Waals surface area contributed by atoms with Crippen molar-refractivity contribution in [2.75, 3.05) is 0 Å². The molecule has 1 aliphatic carbocycles. The fourth-order valence-corrected chi connectivity index (χ4v) is 0.654. The van der Waals surface area contributed by atoms with Crippen LogP contribution >= 0.6 is 0 Å². The lowest BCUT2D eigenvalue weighted by molar-refractivity contribution is 0.274. The predicted molar refractivity (Wildman–Crippen MR) is 33.4 cm³/mol. The Hall–Kier alpha value is -0.820. The molecule has 0 bridgehead atoms. The van der Waals surface area contributed by atoms with E-state index in [4.69, 9.17) is 5.11 Å². The standard InChI is InChI=1S/C7H8O/c1-2-6-3-4-7(8)5-6/h2-5,7-8H,1H2. The molecule has 0 radical (unpaired) electrons. The van der Waals surface area contributed by atoms with Crippen LogP contribution in [0.1, 0.15) is 0 Å². The van der Waals surface area contributed by atoms with Crippen LogP contribution in [-0.4, -0.2) is 11.2 Å². The minimum absolute atomic E-state index is 0.386. The second kappa shape index (κ2) is 1.97. The Labute approximate surface area is 48.6 Å². The Morgan fingerprint density at radius 2 is 2.50 bits per heavy atom. The van der Waals surface area contributed by atoms with E-state index in [0.29, 0.717) is 0 Å². The summed E-state index contributed by atoms with van der Waals surface area (Å²) < 4.78 is 0. The summed E-state index contributed by atoms with van der Waals surface area (Å²) in [6, 6.07) is 0. The van der Waals surface area contributed by atoms with Gasteiger partial charge in [-0.05, 0) is 11.6 Å². The predicted octanol–water partition coefficient (Wildman–Crippen LogP) is 1.03. The fraction of sp³-hybridized carbons (Fsp3) is 0.143. The first kappa shape index (κ1) is 5.32. The highest BCUT2D eigenvalue weighted by Gasteiger charge is 2.00. The van der Waals surface area contributed by atoms with Crippen LogP contribution in [0.2, 0.25) is 0 Å². The monoisotopic (exact) mass is 108 g/mol. The van der Waals surface area contributed by atoms with Gasteiger partial charge in [-0.15, -0.1) is 0 Å². The normalized spacial score (nSPS) is 25.6. The first-order chi connectivity index (χ1) is 3.83. The zero-order chi connectivity index (χ0) is 5.98. The molecule has 0 saturated heterocycles.